The van der Waals surface area contributed by atoms with Crippen molar-refractivity contribution in [3.8, 4) is 0 Å². The third kappa shape index (κ3) is 0.640. The Kier molecular flexibility index (Phi) is 0.869. The SMILES string of the molecule is CC1(C)CC[NH+]1[O-]. The van der Waals surface area contributed by atoms with Gasteiger partial charge in [-0.15, -0.1) is 0 Å². The van der Waals surface area contributed by atoms with E-state index >= 15 is 0 Å². The average Bonchev–Trinajstić information content (AvgIpc) is 1.63. The molecule has 2 heteroatoms. The number of nitrogens with one attached hydrogen (secondary N) is 1. The second kappa shape index (κ2) is 1.20. The Labute approximate surface area is 43.7 Å². The van der Waals surface area contributed by atoms with Crippen molar-refractivity contribution in [2.45, 2.75) is 25.8 Å². The Morgan fingerprint density at radius 2 is 2.00 bits per heavy atom. The smallest absolute Gasteiger partial charge is 0.0971 e. The highest BCUT2D eigenvalue weighted by Gasteiger charge is 2.34. The molecule has 0 aliphatic carbocycles. The van der Waals surface area contributed by atoms with Crippen molar-refractivity contribution in [1.29, 1.82) is 0 Å². The van der Waals surface area contributed by atoms with Crippen LogP contribution in [0.15, 0.2) is 0 Å². The van der Waals surface area contributed by atoms with Crippen LogP contribution in [0.25, 0.3) is 0 Å². The van der Waals surface area contributed by atoms with Gasteiger partial charge in [0.05, 0.1) is 18.5 Å². The molecule has 1 saturated heterocycles. The molecule has 42 valence electrons. The molecule has 1 atom stereocenters. The predicted octanol–water partition coefficient (Wildman–Crippen LogP) is -0.449. The Bertz CT molecular complexity index is 80.1. The molecule has 0 bridgehead atoms. The van der Waals surface area contributed by atoms with Gasteiger partial charge in [-0.2, -0.15) is 0 Å². The summed E-state index contributed by atoms with van der Waals surface area (Å²) in [6.45, 7) is 4.81. The van der Waals surface area contributed by atoms with Crippen molar-refractivity contribution in [1.82, 2.24) is 0 Å². The summed E-state index contributed by atoms with van der Waals surface area (Å²) < 4.78 is 0. The molecule has 1 N–H and O–H groups in total. The maximum Gasteiger partial charge on any atom is 0.0971 e. The van der Waals surface area contributed by atoms with Gasteiger partial charge in [0.25, 0.3) is 0 Å². The predicted molar refractivity (Wildman–Crippen MR) is 27.9 cm³/mol. The molecule has 1 rings (SSSR count). The van der Waals surface area contributed by atoms with Gasteiger partial charge >= 0.3 is 0 Å². The monoisotopic (exact) mass is 101 g/mol. The summed E-state index contributed by atoms with van der Waals surface area (Å²) in [6, 6.07) is 0. The Morgan fingerprint density at radius 3 is 2.00 bits per heavy atom. The van der Waals surface area contributed by atoms with E-state index < -0.39 is 0 Å². The summed E-state index contributed by atoms with van der Waals surface area (Å²) in [5, 5.41) is 11.0. The molecule has 1 fully saturated rings. The zero-order chi connectivity index (χ0) is 5.49. The van der Waals surface area contributed by atoms with Crippen molar-refractivity contribution >= 4 is 0 Å². The van der Waals surface area contributed by atoms with Crippen molar-refractivity contribution in [2.75, 3.05) is 6.54 Å². The molecular formula is C5H11NO. The fourth-order valence-corrected chi connectivity index (χ4v) is 0.727. The van der Waals surface area contributed by atoms with Crippen LogP contribution in [0.2, 0.25) is 0 Å². The van der Waals surface area contributed by atoms with Gasteiger partial charge < -0.3 is 10.3 Å². The first-order valence-electron chi connectivity index (χ1n) is 2.66. The average molecular weight is 101 g/mol. The minimum Gasteiger partial charge on any atom is -0.634 e. The first-order valence-corrected chi connectivity index (χ1v) is 2.66. The molecule has 1 heterocycles. The molecular weight excluding hydrogens is 90.1 g/mol. The maximum atomic E-state index is 10.6. The first kappa shape index (κ1) is 5.06. The molecule has 0 aromatic heterocycles. The summed E-state index contributed by atoms with van der Waals surface area (Å²) in [4.78, 5) is 0. The molecule has 7 heavy (non-hydrogen) atoms. The molecule has 0 radical (unpaired) electrons. The minimum absolute atomic E-state index is 0.0417. The fraction of sp³-hybridized carbons (Fsp3) is 1.00. The van der Waals surface area contributed by atoms with Crippen LogP contribution in [0.1, 0.15) is 20.3 Å². The van der Waals surface area contributed by atoms with Crippen molar-refractivity contribution in [3.05, 3.63) is 5.21 Å². The van der Waals surface area contributed by atoms with E-state index in [-0.39, 0.29) is 5.54 Å². The van der Waals surface area contributed by atoms with E-state index in [4.69, 9.17) is 0 Å². The minimum atomic E-state index is 0.0417. The van der Waals surface area contributed by atoms with E-state index in [1.807, 2.05) is 13.8 Å². The van der Waals surface area contributed by atoms with Crippen molar-refractivity contribution < 1.29 is 5.06 Å². The van der Waals surface area contributed by atoms with Gasteiger partial charge in [-0.05, 0) is 13.8 Å². The van der Waals surface area contributed by atoms with Gasteiger partial charge in [-0.1, -0.05) is 0 Å². The van der Waals surface area contributed by atoms with Gasteiger partial charge in [0.2, 0.25) is 0 Å². The molecule has 1 aliphatic rings. The van der Waals surface area contributed by atoms with Gasteiger partial charge in [0, 0.05) is 0 Å². The summed E-state index contributed by atoms with van der Waals surface area (Å²) in [5.74, 6) is 0. The highest BCUT2D eigenvalue weighted by Crippen LogP contribution is 2.07. The molecule has 1 unspecified atom stereocenters. The lowest BCUT2D eigenvalue weighted by Gasteiger charge is -2.47. The lowest BCUT2D eigenvalue weighted by molar-refractivity contribution is -0.947. The molecule has 0 saturated carbocycles. The zero-order valence-corrected chi connectivity index (χ0v) is 4.82. The van der Waals surface area contributed by atoms with Crippen LogP contribution >= 0.6 is 0 Å². The fourth-order valence-electron chi connectivity index (χ4n) is 0.727. The van der Waals surface area contributed by atoms with Crippen LogP contribution in [-0.2, 0) is 0 Å². The lowest BCUT2D eigenvalue weighted by atomic mass is 9.92. The van der Waals surface area contributed by atoms with E-state index in [0.717, 1.165) is 13.0 Å². The van der Waals surface area contributed by atoms with Crippen LogP contribution in [0.5, 0.6) is 0 Å². The third-order valence-electron chi connectivity index (χ3n) is 1.73. The molecule has 1 aliphatic heterocycles. The largest absolute Gasteiger partial charge is 0.634 e. The highest BCUT2D eigenvalue weighted by molar-refractivity contribution is 4.72. The quantitative estimate of drug-likeness (QED) is 0.411. The topological polar surface area (TPSA) is 27.5 Å². The van der Waals surface area contributed by atoms with Crippen molar-refractivity contribution in [2.24, 2.45) is 0 Å². The van der Waals surface area contributed by atoms with E-state index in [9.17, 15) is 5.21 Å². The van der Waals surface area contributed by atoms with Gasteiger partial charge in [0.15, 0.2) is 0 Å². The normalized spacial score (nSPS) is 37.3. The molecule has 0 aromatic rings. The van der Waals surface area contributed by atoms with Crippen LogP contribution in [-0.4, -0.2) is 12.1 Å². The molecule has 0 aromatic carbocycles. The molecule has 0 amide bonds. The van der Waals surface area contributed by atoms with E-state index in [0.29, 0.717) is 5.06 Å². The van der Waals surface area contributed by atoms with E-state index in [2.05, 4.69) is 0 Å². The second-order valence-corrected chi connectivity index (χ2v) is 2.81. The number of quaternary nitrogens is 1. The summed E-state index contributed by atoms with van der Waals surface area (Å²) in [6.07, 6.45) is 1.09. The number of hydrogen-bond acceptors (Lipinski definition) is 1. The van der Waals surface area contributed by atoms with Crippen molar-refractivity contribution in [3.63, 3.8) is 0 Å². The maximum absolute atomic E-state index is 10.6. The standard InChI is InChI=1S/C5H11NO/c1-5(2)3-4-6(5)7/h6H,3-4H2,1-2H3. The second-order valence-electron chi connectivity index (χ2n) is 2.81. The lowest BCUT2D eigenvalue weighted by Crippen LogP contribution is -3.22. The van der Waals surface area contributed by atoms with E-state index in [1.165, 1.54) is 0 Å². The van der Waals surface area contributed by atoms with Crippen LogP contribution in [0.3, 0.4) is 0 Å². The van der Waals surface area contributed by atoms with Gasteiger partial charge in [-0.3, -0.25) is 0 Å². The Hall–Kier alpha value is -0.0800. The van der Waals surface area contributed by atoms with Gasteiger partial charge in [-0.25, -0.2) is 0 Å². The van der Waals surface area contributed by atoms with Crippen LogP contribution in [0, 0.1) is 5.21 Å². The number of hydrogen-bond donors (Lipinski definition) is 1. The molecule has 0 spiro atoms. The number of hydroxylamine groups is 2. The van der Waals surface area contributed by atoms with Crippen LogP contribution in [0.4, 0.5) is 0 Å². The first-order chi connectivity index (χ1) is 3.13. The zero-order valence-electron chi connectivity index (χ0n) is 4.82. The highest BCUT2D eigenvalue weighted by atomic mass is 16.5. The summed E-state index contributed by atoms with van der Waals surface area (Å²) in [5.41, 5.74) is 0.0417. The van der Waals surface area contributed by atoms with Crippen LogP contribution < -0.4 is 5.06 Å². The molecule has 2 nitrogen and oxygen atoms in total. The Morgan fingerprint density at radius 1 is 1.57 bits per heavy atom. The van der Waals surface area contributed by atoms with E-state index in [1.54, 1.807) is 0 Å². The Balaban J connectivity index is 2.43. The van der Waals surface area contributed by atoms with Gasteiger partial charge in [0.1, 0.15) is 0 Å². The summed E-state index contributed by atoms with van der Waals surface area (Å²) in [7, 11) is 0. The summed E-state index contributed by atoms with van der Waals surface area (Å²) >= 11 is 0. The number of rotatable bonds is 0. The third-order valence-corrected chi connectivity index (χ3v) is 1.73.